The fourth-order valence-electron chi connectivity index (χ4n) is 2.86. The number of nitrogens with zero attached hydrogens (tertiary/aromatic N) is 2. The van der Waals surface area contributed by atoms with Gasteiger partial charge in [-0.25, -0.2) is 13.8 Å². The zero-order valence-electron chi connectivity index (χ0n) is 15.4. The molecule has 3 aromatic rings. The largest absolute Gasteiger partial charge is 0.377 e. The molecule has 0 saturated heterocycles. The number of rotatable bonds is 6. The Morgan fingerprint density at radius 1 is 1.00 bits per heavy atom. The summed E-state index contributed by atoms with van der Waals surface area (Å²) in [6, 6.07) is 19.4. The van der Waals surface area contributed by atoms with E-state index >= 15 is 0 Å². The Labute approximate surface area is 171 Å². The van der Waals surface area contributed by atoms with Crippen molar-refractivity contribution in [2.75, 3.05) is 7.11 Å². The quantitative estimate of drug-likeness (QED) is 0.398. The van der Waals surface area contributed by atoms with Gasteiger partial charge >= 0.3 is 0 Å². The second-order valence-corrected chi connectivity index (χ2v) is 6.92. The highest BCUT2D eigenvalue weighted by Gasteiger charge is 2.23. The number of pyridine rings is 1. The minimum absolute atomic E-state index is 0.221. The van der Waals surface area contributed by atoms with Crippen LogP contribution in [0.15, 0.2) is 76.3 Å². The van der Waals surface area contributed by atoms with Crippen molar-refractivity contribution in [3.05, 3.63) is 93.7 Å². The van der Waals surface area contributed by atoms with Gasteiger partial charge in [0.25, 0.3) is 6.43 Å². The predicted octanol–water partition coefficient (Wildman–Crippen LogP) is 6.66. The van der Waals surface area contributed by atoms with Gasteiger partial charge in [-0.3, -0.25) is 4.98 Å². The number of alkyl halides is 2. The third-order valence-electron chi connectivity index (χ3n) is 4.36. The van der Waals surface area contributed by atoms with Crippen LogP contribution in [0.25, 0.3) is 0 Å². The molecule has 28 heavy (non-hydrogen) atoms. The van der Waals surface area contributed by atoms with E-state index in [9.17, 15) is 8.78 Å². The van der Waals surface area contributed by atoms with Gasteiger partial charge in [0.05, 0.1) is 28.2 Å². The maximum Gasteiger partial charge on any atom is 0.281 e. The predicted molar refractivity (Wildman–Crippen MR) is 111 cm³/mol. The number of benzene rings is 2. The summed E-state index contributed by atoms with van der Waals surface area (Å²) >= 11 is 3.28. The Kier molecular flexibility index (Phi) is 6.65. The maximum atomic E-state index is 13.3. The van der Waals surface area contributed by atoms with E-state index < -0.39 is 12.5 Å². The first-order valence-corrected chi connectivity index (χ1v) is 9.51. The maximum absolute atomic E-state index is 13.3. The molecule has 0 aliphatic carbocycles. The van der Waals surface area contributed by atoms with Crippen LogP contribution in [-0.2, 0) is 4.74 Å². The van der Waals surface area contributed by atoms with Crippen LogP contribution in [-0.4, -0.2) is 17.8 Å². The van der Waals surface area contributed by atoms with Crippen LogP contribution in [0, 0.1) is 0 Å². The van der Waals surface area contributed by atoms with Crippen LogP contribution in [0.2, 0.25) is 0 Å². The molecular formula is C22H19BrF2N2O. The van der Waals surface area contributed by atoms with Crippen molar-refractivity contribution >= 4 is 27.3 Å². The second-order valence-electron chi connectivity index (χ2n) is 6.13. The van der Waals surface area contributed by atoms with E-state index in [4.69, 9.17) is 9.73 Å². The number of hydrogen-bond donors (Lipinski definition) is 0. The van der Waals surface area contributed by atoms with Gasteiger partial charge in [0.15, 0.2) is 0 Å². The minimum Gasteiger partial charge on any atom is -0.377 e. The van der Waals surface area contributed by atoms with Gasteiger partial charge in [-0.15, -0.1) is 0 Å². The van der Waals surface area contributed by atoms with Crippen molar-refractivity contribution in [3.8, 4) is 0 Å². The molecule has 0 amide bonds. The highest BCUT2D eigenvalue weighted by molar-refractivity contribution is 9.10. The van der Waals surface area contributed by atoms with Crippen LogP contribution in [0.3, 0.4) is 0 Å². The molecule has 0 bridgehead atoms. The van der Waals surface area contributed by atoms with Crippen molar-refractivity contribution in [2.24, 2.45) is 4.99 Å². The summed E-state index contributed by atoms with van der Waals surface area (Å²) in [5.41, 5.74) is 3.26. The molecule has 0 saturated carbocycles. The smallest absolute Gasteiger partial charge is 0.281 e. The molecule has 0 radical (unpaired) electrons. The highest BCUT2D eigenvalue weighted by atomic mass is 79.9. The number of ether oxygens (including phenoxy) is 1. The molecule has 0 spiro atoms. The molecule has 144 valence electrons. The van der Waals surface area contributed by atoms with Gasteiger partial charge in [0.1, 0.15) is 5.69 Å². The van der Waals surface area contributed by atoms with Crippen LogP contribution >= 0.6 is 15.9 Å². The Hall–Kier alpha value is -2.44. The van der Waals surface area contributed by atoms with E-state index in [0.29, 0.717) is 11.3 Å². The lowest BCUT2D eigenvalue weighted by molar-refractivity contribution is 0.117. The summed E-state index contributed by atoms with van der Waals surface area (Å²) in [7, 11) is 1.53. The standard InChI is InChI=1S/C22H19BrF2N2O/c1-14(28-2)18-17(13-26-21(19(18)23)22(24)25)27-20(15-9-5-3-6-10-15)16-11-7-4-8-12-16/h3-14,22H,1-2H3. The average Bonchev–Trinajstić information content (AvgIpc) is 2.72. The third kappa shape index (κ3) is 4.34. The summed E-state index contributed by atoms with van der Waals surface area (Å²) in [5, 5.41) is 0. The zero-order valence-corrected chi connectivity index (χ0v) is 17.0. The fraction of sp³-hybridized carbons (Fsp3) is 0.182. The molecule has 0 fully saturated rings. The summed E-state index contributed by atoms with van der Waals surface area (Å²) in [6.45, 7) is 1.79. The summed E-state index contributed by atoms with van der Waals surface area (Å²) in [6.07, 6.45) is -1.76. The molecular weight excluding hydrogens is 426 g/mol. The Bertz CT molecular complexity index is 922. The molecule has 0 N–H and O–H groups in total. The molecule has 1 heterocycles. The Balaban J connectivity index is 2.24. The van der Waals surface area contributed by atoms with Crippen LogP contribution < -0.4 is 0 Å². The fourth-order valence-corrected chi connectivity index (χ4v) is 3.66. The van der Waals surface area contributed by atoms with Gasteiger partial charge in [0, 0.05) is 23.8 Å². The number of aromatic nitrogens is 1. The number of methoxy groups -OCH3 is 1. The topological polar surface area (TPSA) is 34.5 Å². The van der Waals surface area contributed by atoms with E-state index in [1.165, 1.54) is 13.3 Å². The first-order chi connectivity index (χ1) is 13.5. The van der Waals surface area contributed by atoms with E-state index in [1.54, 1.807) is 6.92 Å². The SMILES string of the molecule is COC(C)c1c(N=C(c2ccccc2)c2ccccc2)cnc(C(F)F)c1Br. The van der Waals surface area contributed by atoms with E-state index in [0.717, 1.165) is 16.8 Å². The lowest BCUT2D eigenvalue weighted by Gasteiger charge is -2.18. The van der Waals surface area contributed by atoms with Crippen molar-refractivity contribution in [1.82, 2.24) is 4.98 Å². The molecule has 6 heteroatoms. The molecule has 1 unspecified atom stereocenters. The molecule has 2 aromatic carbocycles. The first-order valence-electron chi connectivity index (χ1n) is 8.71. The summed E-state index contributed by atoms with van der Waals surface area (Å²) in [5.74, 6) is 0. The molecule has 0 aliphatic rings. The lowest BCUT2D eigenvalue weighted by atomic mass is 10.0. The Morgan fingerprint density at radius 2 is 1.54 bits per heavy atom. The zero-order chi connectivity index (χ0) is 20.1. The van der Waals surface area contributed by atoms with Crippen LogP contribution in [0.1, 0.15) is 41.8 Å². The molecule has 1 atom stereocenters. The molecule has 3 nitrogen and oxygen atoms in total. The number of aliphatic imine (C=N–C) groups is 1. The second kappa shape index (κ2) is 9.17. The highest BCUT2D eigenvalue weighted by Crippen LogP contribution is 2.39. The van der Waals surface area contributed by atoms with Crippen molar-refractivity contribution < 1.29 is 13.5 Å². The lowest BCUT2D eigenvalue weighted by Crippen LogP contribution is -2.06. The Morgan fingerprint density at radius 3 is 2.00 bits per heavy atom. The monoisotopic (exact) mass is 444 g/mol. The molecule has 3 rings (SSSR count). The van der Waals surface area contributed by atoms with Gasteiger partial charge in [-0.05, 0) is 22.9 Å². The number of hydrogen-bond acceptors (Lipinski definition) is 3. The van der Waals surface area contributed by atoms with E-state index in [-0.39, 0.29) is 10.2 Å². The van der Waals surface area contributed by atoms with E-state index in [1.807, 2.05) is 60.7 Å². The molecule has 0 aliphatic heterocycles. The summed E-state index contributed by atoms with van der Waals surface area (Å²) in [4.78, 5) is 8.76. The van der Waals surface area contributed by atoms with Crippen LogP contribution in [0.5, 0.6) is 0 Å². The van der Waals surface area contributed by atoms with Gasteiger partial charge < -0.3 is 4.74 Å². The number of halogens is 3. The van der Waals surface area contributed by atoms with Crippen molar-refractivity contribution in [3.63, 3.8) is 0 Å². The van der Waals surface area contributed by atoms with Crippen molar-refractivity contribution in [2.45, 2.75) is 19.5 Å². The van der Waals surface area contributed by atoms with Crippen LogP contribution in [0.4, 0.5) is 14.5 Å². The van der Waals surface area contributed by atoms with Crippen molar-refractivity contribution in [1.29, 1.82) is 0 Å². The average molecular weight is 445 g/mol. The van der Waals surface area contributed by atoms with Gasteiger partial charge in [-0.2, -0.15) is 0 Å². The first kappa shape index (κ1) is 20.3. The molecule has 1 aromatic heterocycles. The van der Waals surface area contributed by atoms with Gasteiger partial charge in [0.2, 0.25) is 0 Å². The third-order valence-corrected chi connectivity index (χ3v) is 5.19. The normalized spacial score (nSPS) is 12.1. The summed E-state index contributed by atoms with van der Waals surface area (Å²) < 4.78 is 32.3. The van der Waals surface area contributed by atoms with E-state index in [2.05, 4.69) is 20.9 Å². The van der Waals surface area contributed by atoms with Gasteiger partial charge in [-0.1, -0.05) is 60.7 Å². The minimum atomic E-state index is -2.70.